The molecule has 0 amide bonds. The summed E-state index contributed by atoms with van der Waals surface area (Å²) in [5.74, 6) is -0.208. The summed E-state index contributed by atoms with van der Waals surface area (Å²) in [4.78, 5) is 32.6. The number of esters is 1. The summed E-state index contributed by atoms with van der Waals surface area (Å²) >= 11 is 0. The van der Waals surface area contributed by atoms with Gasteiger partial charge in [-0.05, 0) is 79.1 Å². The highest BCUT2D eigenvalue weighted by Gasteiger charge is 2.35. The second kappa shape index (κ2) is 13.7. The molecule has 2 heterocycles. The molecule has 4 rings (SSSR count). The second-order valence-electron chi connectivity index (χ2n) is 10.4. The highest BCUT2D eigenvalue weighted by atomic mass is 19.4. The lowest BCUT2D eigenvalue weighted by Crippen LogP contribution is -2.36. The first-order valence-electron chi connectivity index (χ1n) is 13.7. The average molecular weight is 604 g/mol. The lowest BCUT2D eigenvalue weighted by atomic mass is 9.84. The molecule has 3 aromatic rings. The van der Waals surface area contributed by atoms with E-state index in [1.165, 1.54) is 0 Å². The molecule has 1 saturated heterocycles. The van der Waals surface area contributed by atoms with Crippen molar-refractivity contribution in [1.29, 1.82) is 0 Å². The van der Waals surface area contributed by atoms with Gasteiger partial charge in [0.15, 0.2) is 0 Å². The van der Waals surface area contributed by atoms with Gasteiger partial charge < -0.3 is 14.3 Å². The molecule has 0 spiro atoms. The van der Waals surface area contributed by atoms with E-state index >= 15 is 0 Å². The van der Waals surface area contributed by atoms with Crippen molar-refractivity contribution in [2.45, 2.75) is 56.8 Å². The molecule has 0 saturated carbocycles. The van der Waals surface area contributed by atoms with Crippen molar-refractivity contribution in [2.75, 3.05) is 20.2 Å². The van der Waals surface area contributed by atoms with E-state index in [0.29, 0.717) is 12.1 Å². The predicted molar refractivity (Wildman–Crippen MR) is 147 cm³/mol. The number of rotatable bonds is 10. The van der Waals surface area contributed by atoms with Gasteiger partial charge in [0.2, 0.25) is 0 Å². The minimum Gasteiger partial charge on any atom is -0.469 e. The van der Waals surface area contributed by atoms with E-state index in [-0.39, 0.29) is 48.3 Å². The van der Waals surface area contributed by atoms with Gasteiger partial charge in [-0.25, -0.2) is 9.97 Å². The summed E-state index contributed by atoms with van der Waals surface area (Å²) in [5, 5.41) is 0. The molecule has 1 radical (unpaired) electrons. The third-order valence-corrected chi connectivity index (χ3v) is 7.56. The summed E-state index contributed by atoms with van der Waals surface area (Å²) in [6, 6.07) is 10.5. The summed E-state index contributed by atoms with van der Waals surface area (Å²) in [6.45, 7) is 1.55. The zero-order valence-corrected chi connectivity index (χ0v) is 23.3. The van der Waals surface area contributed by atoms with Crippen molar-refractivity contribution in [3.63, 3.8) is 0 Å². The molecule has 1 aliphatic heterocycles. The van der Waals surface area contributed by atoms with Crippen LogP contribution >= 0.6 is 0 Å². The first-order chi connectivity index (χ1) is 20.4. The molecule has 1 fully saturated rings. The van der Waals surface area contributed by atoms with Crippen LogP contribution in [0.15, 0.2) is 48.7 Å². The third kappa shape index (κ3) is 8.65. The van der Waals surface area contributed by atoms with Crippen molar-refractivity contribution in [2.24, 2.45) is 0 Å². The second-order valence-corrected chi connectivity index (χ2v) is 10.4. The third-order valence-electron chi connectivity index (χ3n) is 7.56. The van der Waals surface area contributed by atoms with Crippen LogP contribution in [-0.2, 0) is 52.4 Å². The molecule has 6 nitrogen and oxygen atoms in total. The standard InChI is InChI=1S/C30H29BF6N3O3/c1-43-28(42)16-23-6-8-24(29(32,33)34)15-22(23)7-9-26-25(30(35,36)37)17-38-27(39-26)14-19-2-4-20(5-3-19)21-10-12-40(13-11-21)31-18-41/h2-6,8,15,17-18,21H,7,9-14,16H2,1H3. The zero-order valence-electron chi connectivity index (χ0n) is 23.3. The molecular weight excluding hydrogens is 575 g/mol. The number of hydrogen-bond donors (Lipinski definition) is 0. The van der Waals surface area contributed by atoms with Gasteiger partial charge in [0.25, 0.3) is 7.41 Å². The van der Waals surface area contributed by atoms with Crippen LogP contribution in [0.1, 0.15) is 63.7 Å². The minimum atomic E-state index is -4.77. The van der Waals surface area contributed by atoms with E-state index in [1.807, 2.05) is 29.1 Å². The number of aromatic nitrogens is 2. The number of alkyl halides is 6. The van der Waals surface area contributed by atoms with Gasteiger partial charge in [0.1, 0.15) is 5.82 Å². The molecule has 227 valence electrons. The molecule has 13 heteroatoms. The lowest BCUT2D eigenvalue weighted by Gasteiger charge is -2.30. The molecule has 0 aliphatic carbocycles. The van der Waals surface area contributed by atoms with Gasteiger partial charge in [-0.2, -0.15) is 26.3 Å². The largest absolute Gasteiger partial charge is 0.469 e. The molecule has 0 atom stereocenters. The first kappa shape index (κ1) is 32.2. The number of methoxy groups -OCH3 is 1. The highest BCUT2D eigenvalue weighted by molar-refractivity contribution is 6.64. The van der Waals surface area contributed by atoms with Crippen molar-refractivity contribution >= 4 is 19.6 Å². The van der Waals surface area contributed by atoms with Crippen LogP contribution in [0, 0.1) is 0 Å². The molecule has 43 heavy (non-hydrogen) atoms. The Kier molecular flexibility index (Phi) is 10.3. The van der Waals surface area contributed by atoms with Crippen LogP contribution < -0.4 is 0 Å². The van der Waals surface area contributed by atoms with E-state index in [4.69, 9.17) is 0 Å². The summed E-state index contributed by atoms with van der Waals surface area (Å²) in [7, 11) is 2.68. The van der Waals surface area contributed by atoms with E-state index in [2.05, 4.69) is 14.7 Å². The van der Waals surface area contributed by atoms with E-state index < -0.39 is 29.4 Å². The zero-order chi connectivity index (χ0) is 31.2. The van der Waals surface area contributed by atoms with Gasteiger partial charge in [0.05, 0.1) is 36.5 Å². The Bertz CT molecular complexity index is 1420. The maximum atomic E-state index is 13.8. The number of carbonyl (C=O) groups is 2. The quantitative estimate of drug-likeness (QED) is 0.130. The van der Waals surface area contributed by atoms with Crippen LogP contribution in [0.3, 0.4) is 0 Å². The molecule has 1 aromatic heterocycles. The first-order valence-corrected chi connectivity index (χ1v) is 13.7. The monoisotopic (exact) mass is 604 g/mol. The SMILES string of the molecule is COC(=O)Cc1ccc(C(F)(F)F)cc1CCc1nc(Cc2ccc(C3CCN([B]C=O)CC3)cc2)ncc1C(F)(F)F. The van der Waals surface area contributed by atoms with Gasteiger partial charge in [-0.15, -0.1) is 0 Å². The number of nitrogens with zero attached hydrogens (tertiary/aromatic N) is 3. The van der Waals surface area contributed by atoms with Crippen molar-refractivity contribution < 1.29 is 40.7 Å². The highest BCUT2D eigenvalue weighted by Crippen LogP contribution is 2.34. The van der Waals surface area contributed by atoms with Crippen LogP contribution in [0.4, 0.5) is 26.3 Å². The summed E-state index contributed by atoms with van der Waals surface area (Å²) < 4.78 is 86.2. The Labute approximate surface area is 245 Å². The van der Waals surface area contributed by atoms with E-state index in [0.717, 1.165) is 68.6 Å². The van der Waals surface area contributed by atoms with E-state index in [1.54, 1.807) is 7.41 Å². The van der Waals surface area contributed by atoms with Crippen molar-refractivity contribution in [3.8, 4) is 0 Å². The molecule has 0 N–H and O–H groups in total. The maximum Gasteiger partial charge on any atom is 0.419 e. The Morgan fingerprint density at radius 2 is 1.70 bits per heavy atom. The number of benzene rings is 2. The lowest BCUT2D eigenvalue weighted by molar-refractivity contribution is -0.140. The Morgan fingerprint density at radius 1 is 1.00 bits per heavy atom. The van der Waals surface area contributed by atoms with Crippen LogP contribution in [0.5, 0.6) is 0 Å². The number of halogens is 6. The molecule has 2 aromatic carbocycles. The smallest absolute Gasteiger partial charge is 0.419 e. The number of ether oxygens (including phenoxy) is 1. The fourth-order valence-corrected chi connectivity index (χ4v) is 5.22. The van der Waals surface area contributed by atoms with Crippen molar-refractivity contribution in [1.82, 2.24) is 14.8 Å². The van der Waals surface area contributed by atoms with Crippen LogP contribution in [0.25, 0.3) is 0 Å². The minimum absolute atomic E-state index is 0.0824. The molecular formula is C30H29BF6N3O3. The van der Waals surface area contributed by atoms with Gasteiger partial charge >= 0.3 is 18.3 Å². The fourth-order valence-electron chi connectivity index (χ4n) is 5.22. The number of aryl methyl sites for hydroxylation is 2. The average Bonchev–Trinajstić information content (AvgIpc) is 2.96. The molecule has 1 aliphatic rings. The van der Waals surface area contributed by atoms with Gasteiger partial charge in [-0.3, -0.25) is 4.79 Å². The van der Waals surface area contributed by atoms with Crippen molar-refractivity contribution in [3.05, 3.63) is 93.6 Å². The summed E-state index contributed by atoms with van der Waals surface area (Å²) in [6.07, 6.45) is -6.86. The van der Waals surface area contributed by atoms with Crippen LogP contribution in [0.2, 0.25) is 0 Å². The Hall–Kier alpha value is -3.74. The number of hydrogen-bond acceptors (Lipinski definition) is 6. The fraction of sp³-hybridized carbons (Fsp3) is 0.400. The van der Waals surface area contributed by atoms with E-state index in [9.17, 15) is 35.9 Å². The predicted octanol–water partition coefficient (Wildman–Crippen LogP) is 5.59. The Balaban J connectivity index is 1.53. The van der Waals surface area contributed by atoms with Gasteiger partial charge in [-0.1, -0.05) is 30.3 Å². The molecule has 0 bridgehead atoms. The Morgan fingerprint density at radius 3 is 2.30 bits per heavy atom. The topological polar surface area (TPSA) is 72.4 Å². The van der Waals surface area contributed by atoms with Crippen LogP contribution in [-0.4, -0.2) is 54.5 Å². The number of piperidine rings is 1. The maximum absolute atomic E-state index is 13.8. The molecule has 0 unspecified atom stereocenters. The summed E-state index contributed by atoms with van der Waals surface area (Å²) in [5.41, 5.74) is -0.134. The van der Waals surface area contributed by atoms with Gasteiger partial charge in [0, 0.05) is 12.6 Å². The number of carbonyl (C=O) groups excluding carboxylic acids is 2. The normalized spacial score (nSPS) is 14.9.